The second-order valence-electron chi connectivity index (χ2n) is 12.6. The summed E-state index contributed by atoms with van der Waals surface area (Å²) in [4.78, 5) is 40.5. The van der Waals surface area contributed by atoms with Crippen LogP contribution in [0.3, 0.4) is 0 Å². The van der Waals surface area contributed by atoms with Crippen LogP contribution in [0.2, 0.25) is 0 Å². The van der Waals surface area contributed by atoms with Crippen LogP contribution in [0.4, 0.5) is 0 Å². The molecule has 0 aromatic heterocycles. The van der Waals surface area contributed by atoms with Gasteiger partial charge in [-0.25, -0.2) is 0 Å². The Morgan fingerprint density at radius 3 is 1.78 bits per heavy atom. The Bertz CT molecular complexity index is 942. The summed E-state index contributed by atoms with van der Waals surface area (Å²) >= 11 is 0. The maximum absolute atomic E-state index is 13.9. The van der Waals surface area contributed by atoms with E-state index in [0.717, 1.165) is 38.5 Å². The molecule has 1 N–H and O–H groups in total. The summed E-state index contributed by atoms with van der Waals surface area (Å²) in [6.07, 6.45) is 5.35. The first kappa shape index (κ1) is 27.7. The standard InChI is InChI=1S/C31H45NO5/c1-17(2)21-13-11-19(5)15-25(21)36-30(34)27(28-23-9-7-8-10-24(23)29(33)32-28)31(35)37-26-16-20(6)12-14-22(26)18(3)4/h7-10,17-22,25-28H,11-16H2,1-6H3,(H,32,33)/t19-,20-,21+,22+,25-,26-,28?/m1/s1. The highest BCUT2D eigenvalue weighted by molar-refractivity contribution is 6.03. The van der Waals surface area contributed by atoms with Gasteiger partial charge in [-0.05, 0) is 72.8 Å². The number of benzene rings is 1. The third kappa shape index (κ3) is 6.04. The lowest BCUT2D eigenvalue weighted by atomic mass is 9.75. The molecule has 37 heavy (non-hydrogen) atoms. The van der Waals surface area contributed by atoms with E-state index in [0.29, 0.717) is 34.8 Å². The molecule has 1 unspecified atom stereocenters. The van der Waals surface area contributed by atoms with Crippen LogP contribution in [-0.2, 0) is 19.1 Å². The fourth-order valence-corrected chi connectivity index (χ4v) is 6.85. The van der Waals surface area contributed by atoms with E-state index in [2.05, 4.69) is 46.9 Å². The second-order valence-corrected chi connectivity index (χ2v) is 12.6. The topological polar surface area (TPSA) is 81.7 Å². The van der Waals surface area contributed by atoms with Gasteiger partial charge < -0.3 is 14.8 Å². The molecular formula is C31H45NO5. The number of carbonyl (C=O) groups is 3. The van der Waals surface area contributed by atoms with E-state index in [9.17, 15) is 14.4 Å². The zero-order valence-corrected chi connectivity index (χ0v) is 23.4. The normalized spacial score (nSPS) is 31.8. The highest BCUT2D eigenvalue weighted by Crippen LogP contribution is 2.40. The van der Waals surface area contributed by atoms with Gasteiger partial charge in [-0.1, -0.05) is 72.6 Å². The summed E-state index contributed by atoms with van der Waals surface area (Å²) in [5, 5.41) is 2.90. The minimum Gasteiger partial charge on any atom is -0.461 e. The summed E-state index contributed by atoms with van der Waals surface area (Å²) in [6.45, 7) is 13.0. The summed E-state index contributed by atoms with van der Waals surface area (Å²) in [5.74, 6) is -0.494. The molecule has 0 saturated heterocycles. The van der Waals surface area contributed by atoms with Gasteiger partial charge in [0.2, 0.25) is 0 Å². The van der Waals surface area contributed by atoms with Gasteiger partial charge in [-0.15, -0.1) is 0 Å². The van der Waals surface area contributed by atoms with Gasteiger partial charge >= 0.3 is 11.9 Å². The molecule has 1 heterocycles. The number of ether oxygens (including phenoxy) is 2. The van der Waals surface area contributed by atoms with Crippen molar-refractivity contribution >= 4 is 17.8 Å². The molecular weight excluding hydrogens is 466 g/mol. The van der Waals surface area contributed by atoms with Crippen molar-refractivity contribution in [1.82, 2.24) is 5.32 Å². The Balaban J connectivity index is 1.62. The lowest BCUT2D eigenvalue weighted by Gasteiger charge is -2.39. The van der Waals surface area contributed by atoms with Crippen molar-refractivity contribution in [3.05, 3.63) is 35.4 Å². The van der Waals surface area contributed by atoms with Crippen molar-refractivity contribution in [3.8, 4) is 0 Å². The first-order chi connectivity index (χ1) is 17.6. The van der Waals surface area contributed by atoms with Crippen molar-refractivity contribution in [1.29, 1.82) is 0 Å². The largest absolute Gasteiger partial charge is 0.461 e. The quantitative estimate of drug-likeness (QED) is 0.354. The molecule has 1 amide bonds. The highest BCUT2D eigenvalue weighted by atomic mass is 16.6. The van der Waals surface area contributed by atoms with E-state index < -0.39 is 23.9 Å². The molecule has 1 aromatic rings. The molecule has 1 aromatic carbocycles. The zero-order chi connectivity index (χ0) is 26.9. The van der Waals surface area contributed by atoms with Crippen LogP contribution in [-0.4, -0.2) is 30.1 Å². The third-order valence-corrected chi connectivity index (χ3v) is 9.13. The van der Waals surface area contributed by atoms with Gasteiger partial charge in [-0.3, -0.25) is 14.4 Å². The van der Waals surface area contributed by atoms with Crippen molar-refractivity contribution < 1.29 is 23.9 Å². The molecule has 0 bridgehead atoms. The van der Waals surface area contributed by atoms with E-state index in [-0.39, 0.29) is 30.0 Å². The first-order valence-electron chi connectivity index (χ1n) is 14.4. The number of hydrogen-bond donors (Lipinski definition) is 1. The molecule has 4 rings (SSSR count). The van der Waals surface area contributed by atoms with Crippen LogP contribution in [0.15, 0.2) is 24.3 Å². The average Bonchev–Trinajstić information content (AvgIpc) is 3.15. The maximum atomic E-state index is 13.9. The van der Waals surface area contributed by atoms with Crippen LogP contribution in [0.25, 0.3) is 0 Å². The van der Waals surface area contributed by atoms with Crippen molar-refractivity contribution in [3.63, 3.8) is 0 Å². The lowest BCUT2D eigenvalue weighted by molar-refractivity contribution is -0.176. The number of hydrogen-bond acceptors (Lipinski definition) is 5. The second kappa shape index (κ2) is 11.6. The molecule has 3 aliphatic rings. The van der Waals surface area contributed by atoms with Crippen LogP contribution in [0, 0.1) is 41.4 Å². The molecule has 2 aliphatic carbocycles. The Kier molecular flexibility index (Phi) is 8.65. The van der Waals surface area contributed by atoms with E-state index in [1.807, 2.05) is 12.1 Å². The minimum atomic E-state index is -1.23. The molecule has 6 nitrogen and oxygen atoms in total. The Morgan fingerprint density at radius 2 is 1.30 bits per heavy atom. The minimum absolute atomic E-state index is 0.239. The van der Waals surface area contributed by atoms with Gasteiger partial charge in [0.05, 0.1) is 6.04 Å². The fraction of sp³-hybridized carbons (Fsp3) is 0.710. The molecule has 6 heteroatoms. The Labute approximate surface area is 222 Å². The van der Waals surface area contributed by atoms with Crippen molar-refractivity contribution in [2.24, 2.45) is 41.4 Å². The molecule has 1 aliphatic heterocycles. The van der Waals surface area contributed by atoms with E-state index >= 15 is 0 Å². The number of rotatable bonds is 7. The van der Waals surface area contributed by atoms with E-state index in [4.69, 9.17) is 9.47 Å². The fourth-order valence-electron chi connectivity index (χ4n) is 6.85. The number of fused-ring (bicyclic) bond motifs is 1. The molecule has 204 valence electrons. The molecule has 0 spiro atoms. The van der Waals surface area contributed by atoms with Crippen LogP contribution < -0.4 is 5.32 Å². The van der Waals surface area contributed by atoms with Gasteiger partial charge in [0, 0.05) is 5.56 Å². The monoisotopic (exact) mass is 511 g/mol. The lowest BCUT2D eigenvalue weighted by Crippen LogP contribution is -2.45. The number of carbonyl (C=O) groups excluding carboxylic acids is 3. The predicted octanol–water partition coefficient (Wildman–Crippen LogP) is 6.10. The van der Waals surface area contributed by atoms with E-state index in [1.165, 1.54) is 0 Å². The predicted molar refractivity (Wildman–Crippen MR) is 143 cm³/mol. The van der Waals surface area contributed by atoms with E-state index in [1.54, 1.807) is 12.1 Å². The first-order valence-corrected chi connectivity index (χ1v) is 14.4. The third-order valence-electron chi connectivity index (χ3n) is 9.13. The Hall–Kier alpha value is -2.37. The van der Waals surface area contributed by atoms with Crippen LogP contribution in [0.1, 0.15) is 102 Å². The van der Waals surface area contributed by atoms with Crippen LogP contribution in [0.5, 0.6) is 0 Å². The summed E-state index contributed by atoms with van der Waals surface area (Å²) in [7, 11) is 0. The molecule has 0 radical (unpaired) electrons. The molecule has 2 saturated carbocycles. The SMILES string of the molecule is CC(C)[C@@H]1CC[C@@H](C)C[C@H]1OC(=O)C(C(=O)O[C@@H]1C[C@H](C)CC[C@H]1C(C)C)C1NC(=O)c2ccccc21. The summed E-state index contributed by atoms with van der Waals surface area (Å²) < 4.78 is 12.4. The molecule has 7 atom stereocenters. The van der Waals surface area contributed by atoms with Crippen LogP contribution >= 0.6 is 0 Å². The Morgan fingerprint density at radius 1 is 0.811 bits per heavy atom. The maximum Gasteiger partial charge on any atom is 0.323 e. The van der Waals surface area contributed by atoms with Gasteiger partial charge in [-0.2, -0.15) is 0 Å². The van der Waals surface area contributed by atoms with Crippen molar-refractivity contribution in [2.45, 2.75) is 98.3 Å². The highest BCUT2D eigenvalue weighted by Gasteiger charge is 2.47. The zero-order valence-electron chi connectivity index (χ0n) is 23.4. The molecule has 2 fully saturated rings. The van der Waals surface area contributed by atoms with Crippen molar-refractivity contribution in [2.75, 3.05) is 0 Å². The van der Waals surface area contributed by atoms with Gasteiger partial charge in [0.1, 0.15) is 12.2 Å². The smallest absolute Gasteiger partial charge is 0.323 e. The van der Waals surface area contributed by atoms with Gasteiger partial charge in [0.15, 0.2) is 5.92 Å². The number of nitrogens with one attached hydrogen (secondary N) is 1. The average molecular weight is 512 g/mol. The number of esters is 2. The summed E-state index contributed by atoms with van der Waals surface area (Å²) in [6, 6.07) is 6.37. The number of amides is 1. The summed E-state index contributed by atoms with van der Waals surface area (Å²) in [5.41, 5.74) is 1.15. The van der Waals surface area contributed by atoms with Gasteiger partial charge in [0.25, 0.3) is 5.91 Å².